The highest BCUT2D eigenvalue weighted by Gasteiger charge is 2.16. The fraction of sp³-hybridized carbons (Fsp3) is 0.0238. The Morgan fingerprint density at radius 3 is 1.44 bits per heavy atom. The molecule has 0 aliphatic rings. The van der Waals surface area contributed by atoms with Gasteiger partial charge < -0.3 is 9.13 Å². The van der Waals surface area contributed by atoms with Gasteiger partial charge in [0, 0.05) is 44.0 Å². The van der Waals surface area contributed by atoms with E-state index in [2.05, 4.69) is 174 Å². The van der Waals surface area contributed by atoms with Crippen LogP contribution in [0.15, 0.2) is 158 Å². The van der Waals surface area contributed by atoms with E-state index in [0.717, 1.165) is 28.2 Å². The molecule has 0 saturated heterocycles. The van der Waals surface area contributed by atoms with Gasteiger partial charge in [-0.05, 0) is 85.8 Å². The van der Waals surface area contributed by atoms with Crippen LogP contribution in [-0.4, -0.2) is 14.1 Å². The molecular weight excluding hydrogens is 546 g/mol. The highest BCUT2D eigenvalue weighted by molar-refractivity contribution is 6.11. The lowest BCUT2D eigenvalue weighted by molar-refractivity contribution is 1.18. The van der Waals surface area contributed by atoms with Gasteiger partial charge in [0.25, 0.3) is 0 Å². The third-order valence-corrected chi connectivity index (χ3v) is 8.96. The van der Waals surface area contributed by atoms with Crippen molar-refractivity contribution in [3.8, 4) is 33.9 Å². The molecule has 0 N–H and O–H groups in total. The molecular formula is C42H29N3. The molecule has 0 saturated carbocycles. The van der Waals surface area contributed by atoms with Gasteiger partial charge in [0.2, 0.25) is 0 Å². The van der Waals surface area contributed by atoms with Crippen LogP contribution in [0.25, 0.3) is 77.5 Å². The van der Waals surface area contributed by atoms with Crippen LogP contribution in [-0.2, 0) is 0 Å². The Kier molecular flexibility index (Phi) is 5.72. The Balaban J connectivity index is 1.19. The minimum absolute atomic E-state index is 0.966. The molecule has 0 fully saturated rings. The van der Waals surface area contributed by atoms with Crippen LogP contribution in [0, 0.1) is 6.92 Å². The summed E-state index contributed by atoms with van der Waals surface area (Å²) in [5.74, 6) is 0. The van der Waals surface area contributed by atoms with Gasteiger partial charge in [0.15, 0.2) is 0 Å². The minimum Gasteiger partial charge on any atom is -0.309 e. The molecule has 0 amide bonds. The number of nitrogens with zero attached hydrogens (tertiary/aromatic N) is 3. The molecule has 0 atom stereocenters. The predicted octanol–water partition coefficient (Wildman–Crippen LogP) is 10.9. The SMILES string of the molecule is Cc1ccc2c(c1)c1cc(-c3cccc(-c4ccc5c(c4)c4ccccc4n5-c4ccccc4)n3)ccc1n2-c1ccccc1. The predicted molar refractivity (Wildman–Crippen MR) is 189 cm³/mol. The summed E-state index contributed by atoms with van der Waals surface area (Å²) in [6.45, 7) is 2.16. The van der Waals surface area contributed by atoms with Gasteiger partial charge in [-0.2, -0.15) is 0 Å². The van der Waals surface area contributed by atoms with Crippen LogP contribution in [0.1, 0.15) is 5.56 Å². The molecule has 3 nitrogen and oxygen atoms in total. The average molecular weight is 576 g/mol. The summed E-state index contributed by atoms with van der Waals surface area (Å²) in [4.78, 5) is 5.22. The Bertz CT molecular complexity index is 2540. The zero-order valence-electron chi connectivity index (χ0n) is 24.9. The number of aromatic nitrogens is 3. The number of hydrogen-bond acceptors (Lipinski definition) is 1. The van der Waals surface area contributed by atoms with Crippen LogP contribution in [0.3, 0.4) is 0 Å². The van der Waals surface area contributed by atoms with E-state index in [4.69, 9.17) is 4.98 Å². The number of para-hydroxylation sites is 3. The van der Waals surface area contributed by atoms with Crippen molar-refractivity contribution in [1.82, 2.24) is 14.1 Å². The Morgan fingerprint density at radius 1 is 0.378 bits per heavy atom. The Labute approximate surface area is 261 Å². The molecule has 6 aromatic carbocycles. The molecule has 0 aliphatic carbocycles. The third kappa shape index (κ3) is 4.09. The summed E-state index contributed by atoms with van der Waals surface area (Å²) in [7, 11) is 0. The number of hydrogen-bond donors (Lipinski definition) is 0. The highest BCUT2D eigenvalue weighted by atomic mass is 15.0. The van der Waals surface area contributed by atoms with Crippen molar-refractivity contribution in [3.05, 3.63) is 163 Å². The van der Waals surface area contributed by atoms with Crippen molar-refractivity contribution in [1.29, 1.82) is 0 Å². The number of fused-ring (bicyclic) bond motifs is 6. The van der Waals surface area contributed by atoms with Gasteiger partial charge >= 0.3 is 0 Å². The van der Waals surface area contributed by atoms with Crippen molar-refractivity contribution in [3.63, 3.8) is 0 Å². The van der Waals surface area contributed by atoms with Crippen molar-refractivity contribution >= 4 is 43.6 Å². The molecule has 0 bridgehead atoms. The zero-order chi connectivity index (χ0) is 29.9. The molecule has 9 aromatic rings. The normalized spacial score (nSPS) is 11.7. The van der Waals surface area contributed by atoms with E-state index in [-0.39, 0.29) is 0 Å². The Hall–Kier alpha value is -5.93. The summed E-state index contributed by atoms with van der Waals surface area (Å²) in [6.07, 6.45) is 0. The average Bonchev–Trinajstić information content (AvgIpc) is 3.61. The van der Waals surface area contributed by atoms with Gasteiger partial charge in [-0.3, -0.25) is 0 Å². The van der Waals surface area contributed by atoms with Crippen LogP contribution in [0.4, 0.5) is 0 Å². The first-order valence-corrected chi connectivity index (χ1v) is 15.4. The van der Waals surface area contributed by atoms with Gasteiger partial charge in [-0.25, -0.2) is 4.98 Å². The topological polar surface area (TPSA) is 22.8 Å². The first kappa shape index (κ1) is 25.6. The van der Waals surface area contributed by atoms with Crippen LogP contribution >= 0.6 is 0 Å². The number of benzene rings is 6. The zero-order valence-corrected chi connectivity index (χ0v) is 24.9. The van der Waals surface area contributed by atoms with E-state index < -0.39 is 0 Å². The van der Waals surface area contributed by atoms with E-state index in [9.17, 15) is 0 Å². The third-order valence-electron chi connectivity index (χ3n) is 8.96. The number of aryl methyl sites for hydroxylation is 1. The second kappa shape index (κ2) is 10.1. The molecule has 0 spiro atoms. The van der Waals surface area contributed by atoms with Crippen molar-refractivity contribution < 1.29 is 0 Å². The summed E-state index contributed by atoms with van der Waals surface area (Å²) >= 11 is 0. The molecule has 9 rings (SSSR count). The van der Waals surface area contributed by atoms with Gasteiger partial charge in [-0.1, -0.05) is 84.4 Å². The maximum atomic E-state index is 5.22. The van der Waals surface area contributed by atoms with E-state index in [1.54, 1.807) is 0 Å². The second-order valence-corrected chi connectivity index (χ2v) is 11.8. The van der Waals surface area contributed by atoms with Crippen LogP contribution in [0.5, 0.6) is 0 Å². The standard InChI is InChI=1S/C42H29N3/c1-28-19-22-40-34(25-28)36-27-30(21-24-42(36)45(40)32-13-6-3-7-14-32)38-17-10-16-37(43-38)29-20-23-41-35(26-29)33-15-8-9-18-39(33)44(41)31-11-4-2-5-12-31/h2-27H,1H3. The fourth-order valence-corrected chi connectivity index (χ4v) is 6.90. The summed E-state index contributed by atoms with van der Waals surface area (Å²) < 4.78 is 4.71. The number of rotatable bonds is 4. The van der Waals surface area contributed by atoms with Gasteiger partial charge in [0.1, 0.15) is 0 Å². The number of pyridine rings is 1. The molecule has 0 radical (unpaired) electrons. The van der Waals surface area contributed by atoms with Crippen LogP contribution < -0.4 is 0 Å². The monoisotopic (exact) mass is 575 g/mol. The molecule has 0 unspecified atom stereocenters. The highest BCUT2D eigenvalue weighted by Crippen LogP contribution is 2.37. The van der Waals surface area contributed by atoms with Crippen molar-refractivity contribution in [2.24, 2.45) is 0 Å². The molecule has 45 heavy (non-hydrogen) atoms. The first-order chi connectivity index (χ1) is 22.2. The Morgan fingerprint density at radius 2 is 0.844 bits per heavy atom. The largest absolute Gasteiger partial charge is 0.309 e. The molecule has 3 aromatic heterocycles. The van der Waals surface area contributed by atoms with Crippen LogP contribution in [0.2, 0.25) is 0 Å². The first-order valence-electron chi connectivity index (χ1n) is 15.4. The molecule has 3 heteroatoms. The maximum Gasteiger partial charge on any atom is 0.0709 e. The fourth-order valence-electron chi connectivity index (χ4n) is 6.90. The quantitative estimate of drug-likeness (QED) is 0.205. The minimum atomic E-state index is 0.966. The summed E-state index contributed by atoms with van der Waals surface area (Å²) in [5, 5.41) is 4.96. The second-order valence-electron chi connectivity index (χ2n) is 11.8. The maximum absolute atomic E-state index is 5.22. The molecule has 212 valence electrons. The summed E-state index contributed by atoms with van der Waals surface area (Å²) in [6, 6.07) is 56.4. The molecule has 0 aliphatic heterocycles. The summed E-state index contributed by atoms with van der Waals surface area (Å²) in [5.41, 5.74) is 12.5. The molecule has 3 heterocycles. The van der Waals surface area contributed by atoms with E-state index >= 15 is 0 Å². The lowest BCUT2D eigenvalue weighted by Crippen LogP contribution is -1.93. The van der Waals surface area contributed by atoms with Gasteiger partial charge in [0.05, 0.1) is 33.5 Å². The van der Waals surface area contributed by atoms with E-state index in [1.165, 1.54) is 54.9 Å². The van der Waals surface area contributed by atoms with Crippen molar-refractivity contribution in [2.45, 2.75) is 6.92 Å². The smallest absolute Gasteiger partial charge is 0.0709 e. The van der Waals surface area contributed by atoms with Crippen molar-refractivity contribution in [2.75, 3.05) is 0 Å². The van der Waals surface area contributed by atoms with Gasteiger partial charge in [-0.15, -0.1) is 0 Å². The van der Waals surface area contributed by atoms with E-state index in [0.29, 0.717) is 0 Å². The lowest BCUT2D eigenvalue weighted by Gasteiger charge is -2.09. The lowest BCUT2D eigenvalue weighted by atomic mass is 10.0. The van der Waals surface area contributed by atoms with E-state index in [1.807, 2.05) is 0 Å².